The Hall–Kier alpha value is -2.34. The number of sulfonamides is 1. The SMILES string of the molecule is CCN(c1ccccc1)S(=O)(=O)c1ccc2c(c1)CCN2C(C)=O. The zero-order valence-corrected chi connectivity index (χ0v) is 14.6. The Morgan fingerprint density at radius 2 is 1.88 bits per heavy atom. The Bertz CT molecular complexity index is 863. The molecule has 0 fully saturated rings. The number of para-hydroxylation sites is 1. The van der Waals surface area contributed by atoms with Gasteiger partial charge in [-0.2, -0.15) is 0 Å². The molecule has 5 nitrogen and oxygen atoms in total. The molecule has 1 amide bonds. The van der Waals surface area contributed by atoms with E-state index in [1.54, 1.807) is 35.2 Å². The topological polar surface area (TPSA) is 57.7 Å². The first-order valence-electron chi connectivity index (χ1n) is 7.94. The second kappa shape index (κ2) is 6.28. The fourth-order valence-electron chi connectivity index (χ4n) is 3.08. The Kier molecular flexibility index (Phi) is 4.32. The van der Waals surface area contributed by atoms with Gasteiger partial charge in [-0.25, -0.2) is 8.42 Å². The summed E-state index contributed by atoms with van der Waals surface area (Å²) in [5.41, 5.74) is 2.35. The molecule has 0 spiro atoms. The maximum atomic E-state index is 13.0. The van der Waals surface area contributed by atoms with Gasteiger partial charge in [0, 0.05) is 25.7 Å². The van der Waals surface area contributed by atoms with Gasteiger partial charge >= 0.3 is 0 Å². The van der Waals surface area contributed by atoms with Gasteiger partial charge in [-0.15, -0.1) is 0 Å². The summed E-state index contributed by atoms with van der Waals surface area (Å²) >= 11 is 0. The van der Waals surface area contributed by atoms with Crippen LogP contribution >= 0.6 is 0 Å². The highest BCUT2D eigenvalue weighted by Crippen LogP contribution is 2.32. The van der Waals surface area contributed by atoms with Crippen LogP contribution in [0, 0.1) is 0 Å². The minimum absolute atomic E-state index is 0.0242. The van der Waals surface area contributed by atoms with Crippen molar-refractivity contribution >= 4 is 27.3 Å². The molecular weight excluding hydrogens is 324 g/mol. The first kappa shape index (κ1) is 16.5. The van der Waals surface area contributed by atoms with Crippen LogP contribution in [-0.2, 0) is 21.2 Å². The van der Waals surface area contributed by atoms with Crippen LogP contribution in [0.25, 0.3) is 0 Å². The van der Waals surface area contributed by atoms with Crippen molar-refractivity contribution in [2.24, 2.45) is 0 Å². The number of carbonyl (C=O) groups is 1. The lowest BCUT2D eigenvalue weighted by atomic mass is 10.2. The molecule has 1 aliphatic rings. The van der Waals surface area contributed by atoms with Crippen molar-refractivity contribution in [2.45, 2.75) is 25.2 Å². The third kappa shape index (κ3) is 2.78. The number of nitrogens with zero attached hydrogens (tertiary/aromatic N) is 2. The summed E-state index contributed by atoms with van der Waals surface area (Å²) in [6.07, 6.45) is 0.676. The third-order valence-corrected chi connectivity index (χ3v) is 6.14. The van der Waals surface area contributed by atoms with E-state index in [2.05, 4.69) is 0 Å². The number of fused-ring (bicyclic) bond motifs is 1. The van der Waals surface area contributed by atoms with Gasteiger partial charge in [0.2, 0.25) is 5.91 Å². The molecule has 0 saturated carbocycles. The van der Waals surface area contributed by atoms with Gasteiger partial charge in [-0.1, -0.05) is 18.2 Å². The van der Waals surface area contributed by atoms with Crippen LogP contribution in [-0.4, -0.2) is 27.4 Å². The van der Waals surface area contributed by atoms with Gasteiger partial charge in [0.05, 0.1) is 10.6 Å². The molecule has 1 aliphatic heterocycles. The molecule has 126 valence electrons. The molecule has 1 heterocycles. The van der Waals surface area contributed by atoms with Crippen molar-refractivity contribution in [1.29, 1.82) is 0 Å². The first-order chi connectivity index (χ1) is 11.4. The van der Waals surface area contributed by atoms with Crippen LogP contribution < -0.4 is 9.21 Å². The van der Waals surface area contributed by atoms with E-state index in [1.807, 2.05) is 25.1 Å². The normalized spacial score (nSPS) is 13.7. The highest BCUT2D eigenvalue weighted by Gasteiger charge is 2.27. The lowest BCUT2D eigenvalue weighted by Gasteiger charge is -2.23. The number of amides is 1. The largest absolute Gasteiger partial charge is 0.312 e. The van der Waals surface area contributed by atoms with Crippen LogP contribution in [0.5, 0.6) is 0 Å². The number of carbonyl (C=O) groups excluding carboxylic acids is 1. The molecule has 3 rings (SSSR count). The van der Waals surface area contributed by atoms with Gasteiger partial charge in [0.25, 0.3) is 10.0 Å². The first-order valence-corrected chi connectivity index (χ1v) is 9.38. The lowest BCUT2D eigenvalue weighted by molar-refractivity contribution is -0.116. The van der Waals surface area contributed by atoms with E-state index in [-0.39, 0.29) is 10.8 Å². The summed E-state index contributed by atoms with van der Waals surface area (Å²) in [4.78, 5) is 13.6. The van der Waals surface area contributed by atoms with E-state index < -0.39 is 10.0 Å². The van der Waals surface area contributed by atoms with Crippen molar-refractivity contribution in [3.63, 3.8) is 0 Å². The third-order valence-electron chi connectivity index (χ3n) is 4.25. The van der Waals surface area contributed by atoms with Crippen LogP contribution in [0.15, 0.2) is 53.4 Å². The summed E-state index contributed by atoms with van der Waals surface area (Å²) in [6, 6.07) is 14.1. The van der Waals surface area contributed by atoms with Gasteiger partial charge in [-0.3, -0.25) is 9.10 Å². The molecule has 0 atom stereocenters. The molecule has 0 aromatic heterocycles. The van der Waals surface area contributed by atoms with E-state index >= 15 is 0 Å². The number of anilines is 2. The van der Waals surface area contributed by atoms with Crippen molar-refractivity contribution in [2.75, 3.05) is 22.3 Å². The Morgan fingerprint density at radius 1 is 1.17 bits per heavy atom. The van der Waals surface area contributed by atoms with Gasteiger partial charge in [0.15, 0.2) is 0 Å². The van der Waals surface area contributed by atoms with Crippen LogP contribution in [0.3, 0.4) is 0 Å². The molecule has 0 radical (unpaired) electrons. The molecule has 0 unspecified atom stereocenters. The fraction of sp³-hybridized carbons (Fsp3) is 0.278. The standard InChI is InChI=1S/C18H20N2O3S/c1-3-20(16-7-5-4-6-8-16)24(22,23)17-9-10-18-15(13-17)11-12-19(18)14(2)21/h4-10,13H,3,11-12H2,1-2H3. The predicted octanol–water partition coefficient (Wildman–Crippen LogP) is 2.81. The zero-order valence-electron chi connectivity index (χ0n) is 13.8. The summed E-state index contributed by atoms with van der Waals surface area (Å²) < 4.78 is 27.4. The van der Waals surface area contributed by atoms with Crippen molar-refractivity contribution < 1.29 is 13.2 Å². The second-order valence-electron chi connectivity index (χ2n) is 5.72. The lowest BCUT2D eigenvalue weighted by Crippen LogP contribution is -2.30. The van der Waals surface area contributed by atoms with Crippen LogP contribution in [0.2, 0.25) is 0 Å². The zero-order chi connectivity index (χ0) is 17.3. The quantitative estimate of drug-likeness (QED) is 0.857. The summed E-state index contributed by atoms with van der Waals surface area (Å²) in [7, 11) is -3.63. The molecule has 2 aromatic carbocycles. The summed E-state index contributed by atoms with van der Waals surface area (Å²) in [6.45, 7) is 4.29. The highest BCUT2D eigenvalue weighted by atomic mass is 32.2. The van der Waals surface area contributed by atoms with Crippen molar-refractivity contribution in [3.8, 4) is 0 Å². The van der Waals surface area contributed by atoms with E-state index in [1.165, 1.54) is 11.2 Å². The van der Waals surface area contributed by atoms with E-state index in [4.69, 9.17) is 0 Å². The minimum Gasteiger partial charge on any atom is -0.312 e. The molecule has 6 heteroatoms. The maximum absolute atomic E-state index is 13.0. The summed E-state index contributed by atoms with van der Waals surface area (Å²) in [5.74, 6) is -0.0242. The minimum atomic E-state index is -3.63. The Labute approximate surface area is 142 Å². The van der Waals surface area contributed by atoms with Gasteiger partial charge < -0.3 is 4.90 Å². The van der Waals surface area contributed by atoms with Gasteiger partial charge in [0.1, 0.15) is 0 Å². The average molecular weight is 344 g/mol. The molecule has 0 saturated heterocycles. The number of hydrogen-bond acceptors (Lipinski definition) is 3. The molecule has 24 heavy (non-hydrogen) atoms. The number of hydrogen-bond donors (Lipinski definition) is 0. The van der Waals surface area contributed by atoms with E-state index in [9.17, 15) is 13.2 Å². The molecule has 0 bridgehead atoms. The smallest absolute Gasteiger partial charge is 0.264 e. The van der Waals surface area contributed by atoms with Crippen molar-refractivity contribution in [1.82, 2.24) is 0 Å². The van der Waals surface area contributed by atoms with Crippen LogP contribution in [0.1, 0.15) is 19.4 Å². The maximum Gasteiger partial charge on any atom is 0.264 e. The Morgan fingerprint density at radius 3 is 2.50 bits per heavy atom. The number of benzene rings is 2. The molecule has 2 aromatic rings. The van der Waals surface area contributed by atoms with Gasteiger partial charge in [-0.05, 0) is 49.2 Å². The predicted molar refractivity (Wildman–Crippen MR) is 94.8 cm³/mol. The van der Waals surface area contributed by atoms with Crippen LogP contribution in [0.4, 0.5) is 11.4 Å². The molecular formula is C18H20N2O3S. The van der Waals surface area contributed by atoms with E-state index in [0.717, 1.165) is 11.3 Å². The fourth-order valence-corrected chi connectivity index (χ4v) is 4.60. The second-order valence-corrected chi connectivity index (χ2v) is 7.58. The Balaban J connectivity index is 2.01. The molecule has 0 aliphatic carbocycles. The monoisotopic (exact) mass is 344 g/mol. The average Bonchev–Trinajstić information content (AvgIpc) is 2.99. The summed E-state index contributed by atoms with van der Waals surface area (Å²) in [5, 5.41) is 0. The van der Waals surface area contributed by atoms with Crippen molar-refractivity contribution in [3.05, 3.63) is 54.1 Å². The number of rotatable bonds is 4. The molecule has 0 N–H and O–H groups in total. The van der Waals surface area contributed by atoms with E-state index in [0.29, 0.717) is 25.2 Å². The highest BCUT2D eigenvalue weighted by molar-refractivity contribution is 7.92.